The van der Waals surface area contributed by atoms with Crippen molar-refractivity contribution >= 4 is 0 Å². The van der Waals surface area contributed by atoms with Gasteiger partial charge in [0.05, 0.1) is 0 Å². The molecule has 2 atom stereocenters. The Bertz CT molecular complexity index is 411. The van der Waals surface area contributed by atoms with Crippen LogP contribution < -0.4 is 5.32 Å². The topological polar surface area (TPSA) is 60.2 Å². The van der Waals surface area contributed by atoms with Gasteiger partial charge in [0.1, 0.15) is 6.10 Å². The van der Waals surface area contributed by atoms with Gasteiger partial charge >= 0.3 is 0 Å². The van der Waals surface area contributed by atoms with Crippen LogP contribution in [0.1, 0.15) is 64.3 Å². The van der Waals surface area contributed by atoms with Crippen LogP contribution in [0.25, 0.3) is 0 Å². The fraction of sp³-hybridized carbons (Fsp3) is 0.867. The third kappa shape index (κ3) is 3.20. The first-order valence-corrected chi connectivity index (χ1v) is 7.67. The van der Waals surface area contributed by atoms with Crippen LogP contribution in [0, 0.1) is 5.92 Å². The predicted octanol–water partition coefficient (Wildman–Crippen LogP) is 2.83. The minimum atomic E-state index is -0.0941. The van der Waals surface area contributed by atoms with Gasteiger partial charge in [0.2, 0.25) is 11.7 Å². The molecule has 1 aromatic rings. The van der Waals surface area contributed by atoms with E-state index in [1.54, 1.807) is 7.11 Å². The Morgan fingerprint density at radius 1 is 1.50 bits per heavy atom. The van der Waals surface area contributed by atoms with Gasteiger partial charge in [-0.05, 0) is 38.3 Å². The molecule has 0 amide bonds. The molecule has 0 aliphatic carbocycles. The SMILES string of the molecule is CCCC(OC)c1noc(C(C)(C)C2CCCNC2)n1. The molecule has 0 saturated carbocycles. The lowest BCUT2D eigenvalue weighted by Crippen LogP contribution is -2.41. The molecule has 0 bridgehead atoms. The molecule has 1 N–H and O–H groups in total. The maximum atomic E-state index is 5.54. The average molecular weight is 281 g/mol. The Kier molecular flexibility index (Phi) is 5.16. The normalized spacial score (nSPS) is 21.9. The molecule has 1 saturated heterocycles. The highest BCUT2D eigenvalue weighted by molar-refractivity contribution is 5.06. The van der Waals surface area contributed by atoms with Gasteiger partial charge in [-0.2, -0.15) is 4.98 Å². The van der Waals surface area contributed by atoms with Gasteiger partial charge in [0.25, 0.3) is 0 Å². The third-order valence-electron chi connectivity index (χ3n) is 4.43. The van der Waals surface area contributed by atoms with E-state index >= 15 is 0 Å². The molecule has 20 heavy (non-hydrogen) atoms. The zero-order valence-electron chi connectivity index (χ0n) is 13.1. The molecule has 1 aromatic heterocycles. The Labute approximate surface area is 121 Å². The van der Waals surface area contributed by atoms with Crippen molar-refractivity contribution in [1.29, 1.82) is 0 Å². The monoisotopic (exact) mass is 281 g/mol. The summed E-state index contributed by atoms with van der Waals surface area (Å²) in [6, 6.07) is 0. The van der Waals surface area contributed by atoms with Crippen molar-refractivity contribution in [2.24, 2.45) is 5.92 Å². The van der Waals surface area contributed by atoms with Crippen LogP contribution in [0.2, 0.25) is 0 Å². The van der Waals surface area contributed by atoms with Gasteiger partial charge in [-0.3, -0.25) is 0 Å². The van der Waals surface area contributed by atoms with Crippen molar-refractivity contribution in [3.63, 3.8) is 0 Å². The molecule has 2 heterocycles. The Morgan fingerprint density at radius 3 is 2.90 bits per heavy atom. The summed E-state index contributed by atoms with van der Waals surface area (Å²) in [5.74, 6) is 1.96. The van der Waals surface area contributed by atoms with Gasteiger partial charge in [-0.15, -0.1) is 0 Å². The number of ether oxygens (including phenoxy) is 1. The second-order valence-corrected chi connectivity index (χ2v) is 6.24. The van der Waals surface area contributed by atoms with Crippen molar-refractivity contribution in [1.82, 2.24) is 15.5 Å². The van der Waals surface area contributed by atoms with Crippen molar-refractivity contribution in [3.8, 4) is 0 Å². The zero-order chi connectivity index (χ0) is 14.6. The molecule has 5 nitrogen and oxygen atoms in total. The number of aromatic nitrogens is 2. The molecule has 2 rings (SSSR count). The smallest absolute Gasteiger partial charge is 0.232 e. The van der Waals surface area contributed by atoms with E-state index in [1.165, 1.54) is 12.8 Å². The Hall–Kier alpha value is -0.940. The van der Waals surface area contributed by atoms with Crippen LogP contribution in [0.5, 0.6) is 0 Å². The number of nitrogens with one attached hydrogen (secondary N) is 1. The zero-order valence-corrected chi connectivity index (χ0v) is 13.1. The van der Waals surface area contributed by atoms with Crippen molar-refractivity contribution in [3.05, 3.63) is 11.7 Å². The molecule has 0 aromatic carbocycles. The Morgan fingerprint density at radius 2 is 2.30 bits per heavy atom. The van der Waals surface area contributed by atoms with Crippen molar-refractivity contribution in [2.45, 2.75) is 58.0 Å². The van der Waals surface area contributed by atoms with E-state index < -0.39 is 0 Å². The predicted molar refractivity (Wildman–Crippen MR) is 77.6 cm³/mol. The summed E-state index contributed by atoms with van der Waals surface area (Å²) >= 11 is 0. The van der Waals surface area contributed by atoms with E-state index in [1.807, 2.05) is 0 Å². The third-order valence-corrected chi connectivity index (χ3v) is 4.43. The molecular weight excluding hydrogens is 254 g/mol. The number of hydrogen-bond acceptors (Lipinski definition) is 5. The lowest BCUT2D eigenvalue weighted by atomic mass is 9.75. The fourth-order valence-corrected chi connectivity index (χ4v) is 2.88. The van der Waals surface area contributed by atoms with Gasteiger partial charge < -0.3 is 14.6 Å². The minimum Gasteiger partial charge on any atom is -0.373 e. The first-order valence-electron chi connectivity index (χ1n) is 7.67. The maximum absolute atomic E-state index is 5.54. The standard InChI is InChI=1S/C15H27N3O2/c1-5-7-12(19-4)13-17-14(20-18-13)15(2,3)11-8-6-9-16-10-11/h11-12,16H,5-10H2,1-4H3. The largest absolute Gasteiger partial charge is 0.373 e. The summed E-state index contributed by atoms with van der Waals surface area (Å²) in [5.41, 5.74) is -0.0941. The van der Waals surface area contributed by atoms with E-state index in [9.17, 15) is 0 Å². The maximum Gasteiger partial charge on any atom is 0.232 e. The van der Waals surface area contributed by atoms with Crippen LogP contribution >= 0.6 is 0 Å². The number of nitrogens with zero attached hydrogens (tertiary/aromatic N) is 2. The highest BCUT2D eigenvalue weighted by Crippen LogP contribution is 2.35. The summed E-state index contributed by atoms with van der Waals surface area (Å²) in [6.45, 7) is 8.66. The molecule has 1 aliphatic heterocycles. The lowest BCUT2D eigenvalue weighted by molar-refractivity contribution is 0.0854. The summed E-state index contributed by atoms with van der Waals surface area (Å²) in [7, 11) is 1.70. The lowest BCUT2D eigenvalue weighted by Gasteiger charge is -2.34. The minimum absolute atomic E-state index is 0.0576. The van der Waals surface area contributed by atoms with Crippen LogP contribution in [-0.2, 0) is 10.2 Å². The van der Waals surface area contributed by atoms with E-state index in [0.29, 0.717) is 11.7 Å². The summed E-state index contributed by atoms with van der Waals surface area (Å²) in [5, 5.41) is 7.59. The van der Waals surface area contributed by atoms with Crippen molar-refractivity contribution < 1.29 is 9.26 Å². The molecule has 5 heteroatoms. The van der Waals surface area contributed by atoms with E-state index in [2.05, 4.69) is 36.2 Å². The highest BCUT2D eigenvalue weighted by Gasteiger charge is 2.37. The average Bonchev–Trinajstić information content (AvgIpc) is 2.96. The van der Waals surface area contributed by atoms with Gasteiger partial charge in [-0.25, -0.2) is 0 Å². The molecule has 114 valence electrons. The fourth-order valence-electron chi connectivity index (χ4n) is 2.88. The van der Waals surface area contributed by atoms with E-state index in [0.717, 1.165) is 31.8 Å². The molecule has 2 unspecified atom stereocenters. The first-order chi connectivity index (χ1) is 9.59. The van der Waals surface area contributed by atoms with Gasteiger partial charge in [-0.1, -0.05) is 32.3 Å². The number of piperidine rings is 1. The second-order valence-electron chi connectivity index (χ2n) is 6.24. The van der Waals surface area contributed by atoms with Crippen LogP contribution in [0.3, 0.4) is 0 Å². The molecule has 1 fully saturated rings. The molecule has 0 spiro atoms. The summed E-state index contributed by atoms with van der Waals surface area (Å²) < 4.78 is 11.0. The molecule has 0 radical (unpaired) electrons. The van der Waals surface area contributed by atoms with Gasteiger partial charge in [0, 0.05) is 12.5 Å². The number of rotatable bonds is 6. The van der Waals surface area contributed by atoms with Crippen LogP contribution in [0.4, 0.5) is 0 Å². The van der Waals surface area contributed by atoms with Gasteiger partial charge in [0.15, 0.2) is 0 Å². The molecule has 1 aliphatic rings. The summed E-state index contributed by atoms with van der Waals surface area (Å²) in [6.07, 6.45) is 4.32. The summed E-state index contributed by atoms with van der Waals surface area (Å²) in [4.78, 5) is 4.62. The number of hydrogen-bond donors (Lipinski definition) is 1. The highest BCUT2D eigenvalue weighted by atomic mass is 16.5. The van der Waals surface area contributed by atoms with E-state index in [4.69, 9.17) is 9.26 Å². The van der Waals surface area contributed by atoms with Crippen LogP contribution in [-0.4, -0.2) is 30.3 Å². The quantitative estimate of drug-likeness (QED) is 0.869. The first kappa shape index (κ1) is 15.4. The number of methoxy groups -OCH3 is 1. The molecular formula is C15H27N3O2. The second kappa shape index (κ2) is 6.68. The Balaban J connectivity index is 2.13. The van der Waals surface area contributed by atoms with Crippen molar-refractivity contribution in [2.75, 3.05) is 20.2 Å². The van der Waals surface area contributed by atoms with E-state index in [-0.39, 0.29) is 11.5 Å². The van der Waals surface area contributed by atoms with Crippen LogP contribution in [0.15, 0.2) is 4.52 Å².